The van der Waals surface area contributed by atoms with E-state index < -0.39 is 20.8 Å². The lowest BCUT2D eigenvalue weighted by Gasteiger charge is -2.00. The molecule has 0 spiro atoms. The Bertz CT molecular complexity index is 998. The number of aromatic nitrogens is 5. The molecule has 114 valence electrons. The molecule has 0 aliphatic rings. The molecular weight excluding hydrogens is 311 g/mol. The summed E-state index contributed by atoms with van der Waals surface area (Å²) in [6, 6.07) is 4.79. The first-order valence-electron chi connectivity index (χ1n) is 6.13. The summed E-state index contributed by atoms with van der Waals surface area (Å²) in [6.07, 6.45) is 0.954. The van der Waals surface area contributed by atoms with E-state index in [4.69, 9.17) is 5.73 Å². The van der Waals surface area contributed by atoms with Crippen molar-refractivity contribution in [2.45, 2.75) is 12.1 Å². The average Bonchev–Trinajstić information content (AvgIpc) is 2.85. The van der Waals surface area contributed by atoms with Crippen molar-refractivity contribution in [3.05, 3.63) is 29.6 Å². The molecule has 0 amide bonds. The van der Waals surface area contributed by atoms with Gasteiger partial charge in [0.15, 0.2) is 5.82 Å². The van der Waals surface area contributed by atoms with Crippen molar-refractivity contribution >= 4 is 21.6 Å². The highest BCUT2D eigenvalue weighted by atomic mass is 32.2. The third kappa shape index (κ3) is 2.26. The Morgan fingerprint density at radius 1 is 1.23 bits per heavy atom. The number of nitrogens with zero attached hydrogens (tertiary/aromatic N) is 5. The van der Waals surface area contributed by atoms with E-state index in [1.54, 1.807) is 19.1 Å². The molecule has 0 unspecified atom stereocenters. The Balaban J connectivity index is 2.26. The third-order valence-corrected chi connectivity index (χ3v) is 3.82. The zero-order valence-electron chi connectivity index (χ0n) is 11.6. The van der Waals surface area contributed by atoms with Crippen LogP contribution in [0.5, 0.6) is 0 Å². The molecule has 2 heterocycles. The van der Waals surface area contributed by atoms with Crippen LogP contribution in [0.1, 0.15) is 5.56 Å². The minimum Gasteiger partial charge on any atom is -0.368 e. The monoisotopic (exact) mass is 322 g/mol. The number of halogens is 1. The van der Waals surface area contributed by atoms with Crippen LogP contribution < -0.4 is 5.73 Å². The molecule has 22 heavy (non-hydrogen) atoms. The van der Waals surface area contributed by atoms with Gasteiger partial charge in [-0.3, -0.25) is 0 Å². The van der Waals surface area contributed by atoms with E-state index in [-0.39, 0.29) is 23.1 Å². The van der Waals surface area contributed by atoms with Gasteiger partial charge in [-0.2, -0.15) is 19.5 Å². The van der Waals surface area contributed by atoms with Gasteiger partial charge in [0.25, 0.3) is 10.9 Å². The number of benzene rings is 1. The first-order chi connectivity index (χ1) is 10.3. The molecule has 0 fully saturated rings. The normalized spacial score (nSPS) is 12.0. The summed E-state index contributed by atoms with van der Waals surface area (Å²) in [7, 11) is -3.64. The summed E-state index contributed by atoms with van der Waals surface area (Å²) in [6.45, 7) is 1.62. The zero-order valence-corrected chi connectivity index (χ0v) is 12.5. The lowest BCUT2D eigenvalue weighted by Crippen LogP contribution is -2.11. The smallest absolute Gasteiger partial charge is 0.258 e. The molecule has 1 aromatic carbocycles. The number of aryl methyl sites for hydroxylation is 1. The minimum atomic E-state index is -3.64. The van der Waals surface area contributed by atoms with Gasteiger partial charge in [-0.05, 0) is 18.6 Å². The Kier molecular flexibility index (Phi) is 3.06. The van der Waals surface area contributed by atoms with Crippen molar-refractivity contribution in [1.29, 1.82) is 0 Å². The third-order valence-electron chi connectivity index (χ3n) is 2.98. The zero-order chi connectivity index (χ0) is 16.1. The number of nitrogen functional groups attached to an aromatic ring is 1. The fourth-order valence-electron chi connectivity index (χ4n) is 1.89. The van der Waals surface area contributed by atoms with E-state index in [0.29, 0.717) is 5.56 Å². The van der Waals surface area contributed by atoms with Crippen LogP contribution in [0.3, 0.4) is 0 Å². The molecule has 0 bridgehead atoms. The van der Waals surface area contributed by atoms with E-state index in [9.17, 15) is 12.8 Å². The topological polar surface area (TPSA) is 116 Å². The summed E-state index contributed by atoms with van der Waals surface area (Å²) in [5.41, 5.74) is 6.27. The van der Waals surface area contributed by atoms with Gasteiger partial charge in [-0.25, -0.2) is 12.8 Å². The Labute approximate surface area is 124 Å². The van der Waals surface area contributed by atoms with Crippen molar-refractivity contribution in [3.8, 4) is 11.4 Å². The van der Waals surface area contributed by atoms with Crippen LogP contribution in [-0.4, -0.2) is 39.2 Å². The maximum atomic E-state index is 14.1. The van der Waals surface area contributed by atoms with Crippen LogP contribution in [0.25, 0.3) is 17.2 Å². The van der Waals surface area contributed by atoms with E-state index >= 15 is 0 Å². The van der Waals surface area contributed by atoms with Gasteiger partial charge in [0.1, 0.15) is 5.82 Å². The molecule has 0 radical (unpaired) electrons. The molecule has 10 heteroatoms. The summed E-state index contributed by atoms with van der Waals surface area (Å²) < 4.78 is 38.2. The van der Waals surface area contributed by atoms with E-state index in [1.807, 2.05) is 0 Å². The van der Waals surface area contributed by atoms with Crippen molar-refractivity contribution in [3.63, 3.8) is 0 Å². The highest BCUT2D eigenvalue weighted by Crippen LogP contribution is 2.22. The predicted molar refractivity (Wildman–Crippen MR) is 76.2 cm³/mol. The molecule has 0 aliphatic heterocycles. The Hall–Kier alpha value is -2.62. The van der Waals surface area contributed by atoms with Crippen molar-refractivity contribution < 1.29 is 12.8 Å². The van der Waals surface area contributed by atoms with Crippen LogP contribution in [0.4, 0.5) is 10.3 Å². The van der Waals surface area contributed by atoms with Crippen molar-refractivity contribution in [2.24, 2.45) is 0 Å². The molecule has 2 N–H and O–H groups in total. The van der Waals surface area contributed by atoms with Crippen LogP contribution >= 0.6 is 0 Å². The average molecular weight is 322 g/mol. The molecule has 3 aromatic rings. The van der Waals surface area contributed by atoms with Gasteiger partial charge in [-0.1, -0.05) is 12.1 Å². The molecule has 0 saturated carbocycles. The SMILES string of the molecule is Cc1cccc(-c2nc3nc(S(C)(=O)=O)nc(N)n3n2)c1F. The highest BCUT2D eigenvalue weighted by Gasteiger charge is 2.19. The van der Waals surface area contributed by atoms with Gasteiger partial charge in [0, 0.05) is 6.26 Å². The molecule has 0 aliphatic carbocycles. The maximum absolute atomic E-state index is 14.1. The van der Waals surface area contributed by atoms with Gasteiger partial charge >= 0.3 is 0 Å². The first-order valence-corrected chi connectivity index (χ1v) is 8.02. The lowest BCUT2D eigenvalue weighted by atomic mass is 10.1. The number of sulfone groups is 1. The highest BCUT2D eigenvalue weighted by molar-refractivity contribution is 7.90. The second-order valence-corrected chi connectivity index (χ2v) is 6.63. The fourth-order valence-corrected chi connectivity index (χ4v) is 2.39. The molecule has 8 nitrogen and oxygen atoms in total. The molecule has 0 saturated heterocycles. The van der Waals surface area contributed by atoms with Crippen molar-refractivity contribution in [2.75, 3.05) is 12.0 Å². The van der Waals surface area contributed by atoms with E-state index in [1.165, 1.54) is 6.07 Å². The predicted octanol–water partition coefficient (Wildman–Crippen LogP) is 0.620. The first kappa shape index (κ1) is 14.3. The number of nitrogens with two attached hydrogens (primary N) is 1. The number of hydrogen-bond donors (Lipinski definition) is 1. The molecule has 3 rings (SSSR count). The second kappa shape index (κ2) is 4.70. The van der Waals surface area contributed by atoms with E-state index in [2.05, 4.69) is 20.1 Å². The lowest BCUT2D eigenvalue weighted by molar-refractivity contribution is 0.592. The summed E-state index contributed by atoms with van der Waals surface area (Å²) in [5, 5.41) is 3.57. The van der Waals surface area contributed by atoms with Crippen LogP contribution in [0.2, 0.25) is 0 Å². The maximum Gasteiger partial charge on any atom is 0.258 e. The fraction of sp³-hybridized carbons (Fsp3) is 0.167. The number of anilines is 1. The summed E-state index contributed by atoms with van der Waals surface area (Å²) in [5.74, 6) is -0.679. The Morgan fingerprint density at radius 2 is 1.95 bits per heavy atom. The molecular formula is C12H11FN6O2S. The van der Waals surface area contributed by atoms with Crippen LogP contribution in [0, 0.1) is 12.7 Å². The van der Waals surface area contributed by atoms with Gasteiger partial charge < -0.3 is 5.73 Å². The second-order valence-electron chi connectivity index (χ2n) is 4.72. The molecule has 2 aromatic heterocycles. The standard InChI is InChI=1S/C12H11FN6O2S/c1-6-4-3-5-7(8(6)13)9-15-11-17-12(22(2,20)21)16-10(14)19(11)18-9/h3-5H,1-2H3,(H2,14,15,16,17,18). The number of hydrogen-bond acceptors (Lipinski definition) is 7. The number of fused-ring (bicyclic) bond motifs is 1. The minimum absolute atomic E-state index is 0.0489. The summed E-state index contributed by atoms with van der Waals surface area (Å²) >= 11 is 0. The Morgan fingerprint density at radius 3 is 2.64 bits per heavy atom. The van der Waals surface area contributed by atoms with Gasteiger partial charge in [-0.15, -0.1) is 5.10 Å². The van der Waals surface area contributed by atoms with Gasteiger partial charge in [0.05, 0.1) is 5.56 Å². The van der Waals surface area contributed by atoms with Crippen LogP contribution in [0.15, 0.2) is 23.4 Å². The summed E-state index contributed by atoms with van der Waals surface area (Å²) in [4.78, 5) is 11.5. The largest absolute Gasteiger partial charge is 0.368 e. The number of rotatable bonds is 2. The van der Waals surface area contributed by atoms with E-state index in [0.717, 1.165) is 10.8 Å². The van der Waals surface area contributed by atoms with Crippen LogP contribution in [-0.2, 0) is 9.84 Å². The van der Waals surface area contributed by atoms with Gasteiger partial charge in [0.2, 0.25) is 15.8 Å². The molecule has 0 atom stereocenters. The van der Waals surface area contributed by atoms with Crippen molar-refractivity contribution in [1.82, 2.24) is 24.6 Å². The quantitative estimate of drug-likeness (QED) is 0.735.